The topological polar surface area (TPSA) is 50.8 Å². The van der Waals surface area contributed by atoms with Crippen LogP contribution in [-0.4, -0.2) is 43.7 Å². The highest BCUT2D eigenvalue weighted by Gasteiger charge is 2.47. The Hall–Kier alpha value is -2.60. The monoisotopic (exact) mass is 382 g/mol. The van der Waals surface area contributed by atoms with Gasteiger partial charge in [-0.1, -0.05) is 18.2 Å². The van der Waals surface area contributed by atoms with Crippen molar-refractivity contribution in [1.82, 2.24) is 10.2 Å². The van der Waals surface area contributed by atoms with Gasteiger partial charge in [-0.2, -0.15) is 0 Å². The Labute approximate surface area is 163 Å². The van der Waals surface area contributed by atoms with Gasteiger partial charge in [-0.25, -0.2) is 4.39 Å². The first-order chi connectivity index (χ1) is 13.7. The van der Waals surface area contributed by atoms with Crippen molar-refractivity contribution in [3.8, 4) is 11.5 Å². The van der Waals surface area contributed by atoms with E-state index >= 15 is 0 Å². The lowest BCUT2D eigenvalue weighted by Crippen LogP contribution is -2.49. The minimum absolute atomic E-state index is 0.0169. The average molecular weight is 382 g/mol. The first-order valence-corrected chi connectivity index (χ1v) is 9.87. The number of fused-ring (bicyclic) bond motifs is 1. The molecule has 0 spiro atoms. The Balaban J connectivity index is 1.33. The van der Waals surface area contributed by atoms with Gasteiger partial charge >= 0.3 is 0 Å². The highest BCUT2D eigenvalue weighted by Crippen LogP contribution is 2.51. The second kappa shape index (κ2) is 7.09. The molecule has 6 heteroatoms. The van der Waals surface area contributed by atoms with E-state index in [1.54, 1.807) is 6.07 Å². The van der Waals surface area contributed by atoms with Crippen LogP contribution in [0, 0.1) is 11.7 Å². The molecule has 5 nitrogen and oxygen atoms in total. The van der Waals surface area contributed by atoms with Crippen LogP contribution in [-0.2, 0) is 4.79 Å². The summed E-state index contributed by atoms with van der Waals surface area (Å²) in [6.45, 7) is 3.18. The Morgan fingerprint density at radius 1 is 1.07 bits per heavy atom. The Morgan fingerprint density at radius 2 is 1.93 bits per heavy atom. The molecule has 1 aliphatic carbocycles. The van der Waals surface area contributed by atoms with Crippen LogP contribution in [0.2, 0.25) is 0 Å². The van der Waals surface area contributed by atoms with Crippen molar-refractivity contribution in [2.45, 2.75) is 18.4 Å². The summed E-state index contributed by atoms with van der Waals surface area (Å²) in [6, 6.07) is 12.4. The van der Waals surface area contributed by atoms with Crippen molar-refractivity contribution in [3.63, 3.8) is 0 Å². The molecule has 2 aromatic rings. The molecule has 3 unspecified atom stereocenters. The van der Waals surface area contributed by atoms with Crippen LogP contribution in [0.25, 0.3) is 0 Å². The fraction of sp³-hybridized carbons (Fsp3) is 0.409. The summed E-state index contributed by atoms with van der Waals surface area (Å²) >= 11 is 0. The largest absolute Gasteiger partial charge is 0.486 e. The van der Waals surface area contributed by atoms with Gasteiger partial charge in [-0.15, -0.1) is 0 Å². The van der Waals surface area contributed by atoms with Crippen molar-refractivity contribution < 1.29 is 18.7 Å². The normalized spacial score (nSPS) is 26.0. The Morgan fingerprint density at radius 3 is 2.79 bits per heavy atom. The van der Waals surface area contributed by atoms with E-state index in [1.807, 2.05) is 29.2 Å². The third-order valence-electron chi connectivity index (χ3n) is 5.86. The summed E-state index contributed by atoms with van der Waals surface area (Å²) in [7, 11) is 0. The van der Waals surface area contributed by atoms with E-state index < -0.39 is 0 Å². The molecule has 0 radical (unpaired) electrons. The molecule has 146 valence electrons. The van der Waals surface area contributed by atoms with Crippen LogP contribution >= 0.6 is 0 Å². The molecule has 1 saturated carbocycles. The van der Waals surface area contributed by atoms with Crippen LogP contribution < -0.4 is 14.8 Å². The van der Waals surface area contributed by atoms with Gasteiger partial charge < -0.3 is 19.7 Å². The maximum atomic E-state index is 13.7. The lowest BCUT2D eigenvalue weighted by atomic mass is 10.0. The van der Waals surface area contributed by atoms with Gasteiger partial charge in [0.05, 0.1) is 6.04 Å². The van der Waals surface area contributed by atoms with Gasteiger partial charge in [0, 0.05) is 25.6 Å². The number of carbonyl (C=O) groups excluding carboxylic acids is 1. The van der Waals surface area contributed by atoms with E-state index in [0.29, 0.717) is 26.3 Å². The van der Waals surface area contributed by atoms with Crippen molar-refractivity contribution in [2.24, 2.45) is 5.92 Å². The number of piperazine rings is 1. The van der Waals surface area contributed by atoms with Crippen molar-refractivity contribution >= 4 is 5.91 Å². The van der Waals surface area contributed by atoms with Gasteiger partial charge in [0.25, 0.3) is 0 Å². The number of nitrogens with zero attached hydrogens (tertiary/aromatic N) is 1. The Bertz CT molecular complexity index is 903. The van der Waals surface area contributed by atoms with Gasteiger partial charge in [0.1, 0.15) is 19.0 Å². The molecule has 2 fully saturated rings. The number of amides is 1. The van der Waals surface area contributed by atoms with E-state index in [9.17, 15) is 9.18 Å². The first kappa shape index (κ1) is 17.5. The van der Waals surface area contributed by atoms with Crippen LogP contribution in [0.15, 0.2) is 42.5 Å². The highest BCUT2D eigenvalue weighted by atomic mass is 19.1. The SMILES string of the molecule is O=C(C1CC1c1ccc2c(c1)OCCO2)N1CCNCC1c1cccc(F)c1. The molecule has 28 heavy (non-hydrogen) atoms. The minimum atomic E-state index is -0.268. The van der Waals surface area contributed by atoms with Crippen molar-refractivity contribution in [3.05, 3.63) is 59.4 Å². The predicted octanol–water partition coefficient (Wildman–Crippen LogP) is 2.87. The molecule has 2 heterocycles. The molecule has 5 rings (SSSR count). The smallest absolute Gasteiger partial charge is 0.226 e. The zero-order valence-corrected chi connectivity index (χ0v) is 15.6. The first-order valence-electron chi connectivity index (χ1n) is 9.87. The quantitative estimate of drug-likeness (QED) is 0.887. The molecule has 0 aromatic heterocycles. The maximum Gasteiger partial charge on any atom is 0.226 e. The maximum absolute atomic E-state index is 13.7. The minimum Gasteiger partial charge on any atom is -0.486 e. The molecule has 2 aromatic carbocycles. The summed E-state index contributed by atoms with van der Waals surface area (Å²) in [4.78, 5) is 15.2. The second-order valence-electron chi connectivity index (χ2n) is 7.66. The number of carbonyl (C=O) groups is 1. The number of rotatable bonds is 3. The van der Waals surface area contributed by atoms with E-state index in [-0.39, 0.29) is 29.6 Å². The second-order valence-corrected chi connectivity index (χ2v) is 7.66. The number of benzene rings is 2. The molecule has 2 aliphatic heterocycles. The number of halogens is 1. The summed E-state index contributed by atoms with van der Waals surface area (Å²) in [5, 5.41) is 3.33. The fourth-order valence-electron chi connectivity index (χ4n) is 4.32. The molecular formula is C22H23FN2O3. The summed E-state index contributed by atoms with van der Waals surface area (Å²) < 4.78 is 25.0. The Kier molecular flexibility index (Phi) is 4.43. The summed E-state index contributed by atoms with van der Waals surface area (Å²) in [5.41, 5.74) is 1.97. The number of hydrogen-bond acceptors (Lipinski definition) is 4. The van der Waals surface area contributed by atoms with E-state index in [4.69, 9.17) is 9.47 Å². The molecule has 3 aliphatic rings. The van der Waals surface area contributed by atoms with Crippen LogP contribution in [0.3, 0.4) is 0 Å². The van der Waals surface area contributed by atoms with E-state index in [2.05, 4.69) is 5.32 Å². The van der Waals surface area contributed by atoms with E-state index in [0.717, 1.165) is 35.6 Å². The molecule has 3 atom stereocenters. The zero-order valence-electron chi connectivity index (χ0n) is 15.6. The number of nitrogens with one attached hydrogen (secondary N) is 1. The highest BCUT2D eigenvalue weighted by molar-refractivity contribution is 5.83. The van der Waals surface area contributed by atoms with Gasteiger partial charge in [0.15, 0.2) is 11.5 Å². The summed E-state index contributed by atoms with van der Waals surface area (Å²) in [6.07, 6.45) is 0.846. The molecular weight excluding hydrogens is 359 g/mol. The van der Waals surface area contributed by atoms with Gasteiger partial charge in [-0.3, -0.25) is 4.79 Å². The molecule has 0 bridgehead atoms. The predicted molar refractivity (Wildman–Crippen MR) is 102 cm³/mol. The lowest BCUT2D eigenvalue weighted by Gasteiger charge is -2.37. The van der Waals surface area contributed by atoms with Gasteiger partial charge in [0.2, 0.25) is 5.91 Å². The molecule has 1 amide bonds. The van der Waals surface area contributed by atoms with Crippen molar-refractivity contribution in [1.29, 1.82) is 0 Å². The fourth-order valence-corrected chi connectivity index (χ4v) is 4.32. The molecule has 1 N–H and O–H groups in total. The molecule has 1 saturated heterocycles. The number of hydrogen-bond donors (Lipinski definition) is 1. The van der Waals surface area contributed by atoms with Crippen LogP contribution in [0.4, 0.5) is 4.39 Å². The van der Waals surface area contributed by atoms with Gasteiger partial charge in [-0.05, 0) is 47.7 Å². The average Bonchev–Trinajstić information content (AvgIpc) is 3.54. The van der Waals surface area contributed by atoms with Crippen molar-refractivity contribution in [2.75, 3.05) is 32.8 Å². The van der Waals surface area contributed by atoms with Crippen LogP contribution in [0.5, 0.6) is 11.5 Å². The van der Waals surface area contributed by atoms with Crippen LogP contribution in [0.1, 0.15) is 29.5 Å². The number of ether oxygens (including phenoxy) is 2. The lowest BCUT2D eigenvalue weighted by molar-refractivity contribution is -0.136. The standard InChI is InChI=1S/C22H23FN2O3/c23-16-3-1-2-15(10-16)19-13-24-6-7-25(19)22(26)18-12-17(18)14-4-5-20-21(11-14)28-9-8-27-20/h1-5,10-11,17-19,24H,6-9,12-13H2. The zero-order chi connectivity index (χ0) is 19.1. The third kappa shape index (κ3) is 3.22. The van der Waals surface area contributed by atoms with E-state index in [1.165, 1.54) is 12.1 Å². The summed E-state index contributed by atoms with van der Waals surface area (Å²) in [5.74, 6) is 1.63. The third-order valence-corrected chi connectivity index (χ3v) is 5.86.